The number of nitro groups is 1. The Morgan fingerprint density at radius 2 is 2.27 bits per heavy atom. The first-order valence-corrected chi connectivity index (χ1v) is 5.32. The number of benzene rings is 1. The van der Waals surface area contributed by atoms with Gasteiger partial charge in [0, 0.05) is 9.99 Å². The predicted molar refractivity (Wildman–Crippen MR) is 59.5 cm³/mol. The molecule has 0 saturated carbocycles. The molecule has 1 aromatic carbocycles. The van der Waals surface area contributed by atoms with Crippen molar-refractivity contribution in [3.63, 3.8) is 0 Å². The molecule has 0 radical (unpaired) electrons. The largest absolute Gasteiger partial charge is 0.511 e. The summed E-state index contributed by atoms with van der Waals surface area (Å²) in [4.78, 5) is 20.4. The second-order valence-electron chi connectivity index (χ2n) is 2.52. The molecule has 0 amide bonds. The number of nitro benzene ring substituents is 1. The minimum Gasteiger partial charge on any atom is -0.449 e. The number of nitrogens with zero attached hydrogens (tertiary/aromatic N) is 1. The maximum atomic E-state index is 10.7. The van der Waals surface area contributed by atoms with Gasteiger partial charge in [0.15, 0.2) is 0 Å². The lowest BCUT2D eigenvalue weighted by molar-refractivity contribution is -0.386. The first-order chi connectivity index (χ1) is 7.06. The lowest BCUT2D eigenvalue weighted by Gasteiger charge is -2.03. The Labute approximate surface area is 98.1 Å². The van der Waals surface area contributed by atoms with Gasteiger partial charge in [-0.1, -0.05) is 34.7 Å². The highest BCUT2D eigenvalue weighted by Gasteiger charge is 2.21. The highest BCUT2D eigenvalue weighted by atomic mass is 127. The maximum absolute atomic E-state index is 10.7. The lowest BCUT2D eigenvalue weighted by atomic mass is 10.2. The molecule has 15 heavy (non-hydrogen) atoms. The quantitative estimate of drug-likeness (QED) is 0.231. The minimum absolute atomic E-state index is 0.248. The van der Waals surface area contributed by atoms with E-state index in [2.05, 4.69) is 4.74 Å². The number of alkyl halides is 1. The molecule has 6 nitrogen and oxygen atoms in total. The van der Waals surface area contributed by atoms with Crippen LogP contribution in [-0.2, 0) is 4.43 Å². The van der Waals surface area contributed by atoms with Gasteiger partial charge in [-0.15, -0.1) is 0 Å². The number of carbonyl (C=O) groups is 1. The van der Waals surface area contributed by atoms with Gasteiger partial charge in [-0.25, -0.2) is 4.79 Å². The van der Waals surface area contributed by atoms with E-state index in [9.17, 15) is 14.9 Å². The molecule has 0 atom stereocenters. The second-order valence-corrected chi connectivity index (χ2v) is 3.29. The zero-order valence-electron chi connectivity index (χ0n) is 7.34. The molecule has 0 aromatic heterocycles. The van der Waals surface area contributed by atoms with Crippen molar-refractivity contribution in [3.05, 3.63) is 33.9 Å². The molecule has 1 rings (SSSR count). The molecular weight excluding hydrogens is 317 g/mol. The fourth-order valence-corrected chi connectivity index (χ4v) is 1.67. The van der Waals surface area contributed by atoms with Gasteiger partial charge in [0.25, 0.3) is 0 Å². The normalized spacial score (nSPS) is 9.67. The summed E-state index contributed by atoms with van der Waals surface area (Å²) in [6.45, 7) is 0. The highest BCUT2D eigenvalue weighted by molar-refractivity contribution is 14.1. The number of carboxylic acid groups (broad SMARTS) is 1. The van der Waals surface area contributed by atoms with Gasteiger partial charge in [0.2, 0.25) is 5.75 Å². The maximum Gasteiger partial charge on any atom is 0.511 e. The number of hydrogen-bond donors (Lipinski definition) is 1. The Morgan fingerprint density at radius 3 is 2.73 bits per heavy atom. The standard InChI is InChI=1S/C8H6INO5/c9-4-5-2-1-3-6(15-8(11)12)7(5)10(13)14/h1-3H,4H2,(H,11,12). The molecule has 1 aromatic rings. The molecule has 0 aliphatic carbocycles. The van der Waals surface area contributed by atoms with E-state index < -0.39 is 11.1 Å². The summed E-state index contributed by atoms with van der Waals surface area (Å²) >= 11 is 1.96. The summed E-state index contributed by atoms with van der Waals surface area (Å²) < 4.78 is 4.73. The van der Waals surface area contributed by atoms with Crippen LogP contribution in [0.1, 0.15) is 5.56 Å². The highest BCUT2D eigenvalue weighted by Crippen LogP contribution is 2.32. The summed E-state index contributed by atoms with van der Waals surface area (Å²) in [6.07, 6.45) is -1.57. The fraction of sp³-hybridized carbons (Fsp3) is 0.125. The van der Waals surface area contributed by atoms with E-state index in [-0.39, 0.29) is 11.4 Å². The molecule has 0 spiro atoms. The van der Waals surface area contributed by atoms with Crippen LogP contribution in [0, 0.1) is 10.1 Å². The van der Waals surface area contributed by atoms with Crippen molar-refractivity contribution in [2.45, 2.75) is 4.43 Å². The van der Waals surface area contributed by atoms with Gasteiger partial charge in [-0.05, 0) is 6.07 Å². The third-order valence-electron chi connectivity index (χ3n) is 1.61. The van der Waals surface area contributed by atoms with E-state index in [1.807, 2.05) is 22.6 Å². The second kappa shape index (κ2) is 4.91. The zero-order valence-corrected chi connectivity index (χ0v) is 9.50. The number of para-hydroxylation sites is 1. The van der Waals surface area contributed by atoms with Gasteiger partial charge in [0.1, 0.15) is 0 Å². The van der Waals surface area contributed by atoms with Crippen molar-refractivity contribution in [2.75, 3.05) is 0 Å². The van der Waals surface area contributed by atoms with E-state index in [1.165, 1.54) is 12.1 Å². The van der Waals surface area contributed by atoms with E-state index in [4.69, 9.17) is 5.11 Å². The molecule has 0 aliphatic rings. The summed E-state index contributed by atoms with van der Waals surface area (Å²) in [7, 11) is 0. The number of rotatable bonds is 3. The summed E-state index contributed by atoms with van der Waals surface area (Å²) in [6, 6.07) is 4.32. The third-order valence-corrected chi connectivity index (χ3v) is 2.43. The van der Waals surface area contributed by atoms with Crippen LogP contribution in [0.2, 0.25) is 0 Å². The van der Waals surface area contributed by atoms with Crippen molar-refractivity contribution in [1.82, 2.24) is 0 Å². The first-order valence-electron chi connectivity index (χ1n) is 3.79. The van der Waals surface area contributed by atoms with Gasteiger partial charge < -0.3 is 9.84 Å². The van der Waals surface area contributed by atoms with Crippen LogP contribution in [-0.4, -0.2) is 16.2 Å². The van der Waals surface area contributed by atoms with Crippen LogP contribution in [0.4, 0.5) is 10.5 Å². The SMILES string of the molecule is O=C(O)Oc1cccc(CI)c1[N+](=O)[O-]. The van der Waals surface area contributed by atoms with E-state index in [1.54, 1.807) is 6.07 Å². The van der Waals surface area contributed by atoms with Crippen molar-refractivity contribution >= 4 is 34.4 Å². The van der Waals surface area contributed by atoms with Crippen LogP contribution in [0.3, 0.4) is 0 Å². The average molecular weight is 323 g/mol. The van der Waals surface area contributed by atoms with Crippen LogP contribution in [0.15, 0.2) is 18.2 Å². The van der Waals surface area contributed by atoms with Gasteiger partial charge in [-0.3, -0.25) is 10.1 Å². The Kier molecular flexibility index (Phi) is 3.83. The van der Waals surface area contributed by atoms with Crippen LogP contribution in [0.25, 0.3) is 0 Å². The average Bonchev–Trinajstić information content (AvgIpc) is 2.15. The minimum atomic E-state index is -1.57. The topological polar surface area (TPSA) is 89.7 Å². The Balaban J connectivity index is 3.25. The van der Waals surface area contributed by atoms with Crippen molar-refractivity contribution in [3.8, 4) is 5.75 Å². The monoisotopic (exact) mass is 323 g/mol. The van der Waals surface area contributed by atoms with Crippen LogP contribution in [0.5, 0.6) is 5.75 Å². The molecule has 0 heterocycles. The van der Waals surface area contributed by atoms with Crippen molar-refractivity contribution < 1.29 is 19.6 Å². The van der Waals surface area contributed by atoms with Gasteiger partial charge in [-0.2, -0.15) is 0 Å². The summed E-state index contributed by atoms with van der Waals surface area (Å²) in [5, 5.41) is 19.1. The Hall–Kier alpha value is -1.38. The van der Waals surface area contributed by atoms with Crippen molar-refractivity contribution in [2.24, 2.45) is 0 Å². The van der Waals surface area contributed by atoms with E-state index >= 15 is 0 Å². The van der Waals surface area contributed by atoms with Crippen molar-refractivity contribution in [1.29, 1.82) is 0 Å². The van der Waals surface area contributed by atoms with E-state index in [0.29, 0.717) is 9.99 Å². The summed E-state index contributed by atoms with van der Waals surface area (Å²) in [5.74, 6) is -0.248. The Bertz CT molecular complexity index is 406. The zero-order chi connectivity index (χ0) is 11.4. The lowest BCUT2D eigenvalue weighted by Crippen LogP contribution is -2.06. The molecule has 7 heteroatoms. The third kappa shape index (κ3) is 2.78. The first kappa shape index (κ1) is 11.7. The smallest absolute Gasteiger partial charge is 0.449 e. The van der Waals surface area contributed by atoms with Gasteiger partial charge in [0.05, 0.1) is 4.92 Å². The fourth-order valence-electron chi connectivity index (χ4n) is 1.06. The molecule has 80 valence electrons. The molecule has 0 unspecified atom stereocenters. The molecule has 1 N–H and O–H groups in total. The predicted octanol–water partition coefficient (Wildman–Crippen LogP) is 2.59. The van der Waals surface area contributed by atoms with Gasteiger partial charge >= 0.3 is 11.8 Å². The molecule has 0 bridgehead atoms. The Morgan fingerprint density at radius 1 is 1.60 bits per heavy atom. The molecule has 0 aliphatic heterocycles. The van der Waals surface area contributed by atoms with Crippen LogP contribution >= 0.6 is 22.6 Å². The van der Waals surface area contributed by atoms with Crippen LogP contribution < -0.4 is 4.74 Å². The molecule has 0 fully saturated rings. The number of halogens is 1. The number of ether oxygens (including phenoxy) is 1. The molecular formula is C8H6INO5. The molecule has 0 saturated heterocycles. The number of hydrogen-bond acceptors (Lipinski definition) is 4. The van der Waals surface area contributed by atoms with E-state index in [0.717, 1.165) is 0 Å². The summed E-state index contributed by atoms with van der Waals surface area (Å²) in [5.41, 5.74) is 0.133.